The van der Waals surface area contributed by atoms with Gasteiger partial charge in [-0.1, -0.05) is 48.5 Å². The number of nitro benzene ring substituents is 1. The van der Waals surface area contributed by atoms with Crippen molar-refractivity contribution in [3.05, 3.63) is 106 Å². The normalized spacial score (nSPS) is 26.1. The number of amides is 1. The summed E-state index contributed by atoms with van der Waals surface area (Å²) in [5.74, 6) is -0.767. The minimum absolute atomic E-state index is 0.0938. The first-order valence-electron chi connectivity index (χ1n) is 12.3. The Kier molecular flexibility index (Phi) is 7.82. The third-order valence-electron chi connectivity index (χ3n) is 6.33. The van der Waals surface area contributed by atoms with Crippen LogP contribution in [0.1, 0.15) is 29.1 Å². The van der Waals surface area contributed by atoms with Gasteiger partial charge in [0.05, 0.1) is 17.1 Å². The van der Waals surface area contributed by atoms with Gasteiger partial charge in [-0.2, -0.15) is 0 Å². The summed E-state index contributed by atoms with van der Waals surface area (Å²) in [6, 6.07) is 22.2. The second kappa shape index (κ2) is 11.6. The molecule has 39 heavy (non-hydrogen) atoms. The van der Waals surface area contributed by atoms with Crippen LogP contribution in [0.5, 0.6) is 5.75 Å². The first kappa shape index (κ1) is 26.3. The van der Waals surface area contributed by atoms with E-state index in [-0.39, 0.29) is 18.0 Å². The zero-order chi connectivity index (χ0) is 27.4. The molecule has 0 aliphatic carbocycles. The van der Waals surface area contributed by atoms with Gasteiger partial charge in [0, 0.05) is 24.6 Å². The molecular formula is C28H26N2O9. The second-order valence-corrected chi connectivity index (χ2v) is 9.05. The molecule has 3 aromatic rings. The summed E-state index contributed by atoms with van der Waals surface area (Å²) in [5.41, 5.74) is 0.979. The van der Waals surface area contributed by atoms with Crippen LogP contribution in [0.25, 0.3) is 0 Å². The lowest BCUT2D eigenvalue weighted by Gasteiger charge is -2.48. The molecule has 5 rings (SSSR count). The molecule has 1 amide bonds. The van der Waals surface area contributed by atoms with E-state index in [4.69, 9.17) is 23.7 Å². The molecule has 3 aromatic carbocycles. The maximum absolute atomic E-state index is 13.2. The van der Waals surface area contributed by atoms with Gasteiger partial charge in [0.1, 0.15) is 24.0 Å². The van der Waals surface area contributed by atoms with E-state index in [0.717, 1.165) is 5.56 Å². The van der Waals surface area contributed by atoms with Crippen molar-refractivity contribution in [3.63, 3.8) is 0 Å². The maximum Gasteiger partial charge on any atom is 0.338 e. The predicted octanol–water partition coefficient (Wildman–Crippen LogP) is 3.54. The van der Waals surface area contributed by atoms with Gasteiger partial charge < -0.3 is 29.0 Å². The molecule has 2 aliphatic heterocycles. The number of carbonyl (C=O) groups excluding carboxylic acids is 2. The van der Waals surface area contributed by atoms with E-state index < -0.39 is 53.7 Å². The number of nitro groups is 1. The molecule has 2 heterocycles. The van der Waals surface area contributed by atoms with Crippen molar-refractivity contribution in [1.82, 2.24) is 5.32 Å². The molecule has 1 unspecified atom stereocenters. The van der Waals surface area contributed by atoms with E-state index in [9.17, 15) is 19.7 Å². The monoisotopic (exact) mass is 534 g/mol. The highest BCUT2D eigenvalue weighted by atomic mass is 16.8. The van der Waals surface area contributed by atoms with Crippen molar-refractivity contribution in [2.75, 3.05) is 6.61 Å². The summed E-state index contributed by atoms with van der Waals surface area (Å²) in [7, 11) is 0. The minimum atomic E-state index is -1.13. The number of rotatable bonds is 7. The van der Waals surface area contributed by atoms with Gasteiger partial charge in [0.15, 0.2) is 12.4 Å². The second-order valence-electron chi connectivity index (χ2n) is 9.05. The van der Waals surface area contributed by atoms with Crippen LogP contribution in [0.3, 0.4) is 0 Å². The van der Waals surface area contributed by atoms with E-state index >= 15 is 0 Å². The number of nitrogens with zero attached hydrogens (tertiary/aromatic N) is 1. The average molecular weight is 535 g/mol. The van der Waals surface area contributed by atoms with Crippen LogP contribution >= 0.6 is 0 Å². The summed E-state index contributed by atoms with van der Waals surface area (Å²) >= 11 is 0. The highest BCUT2D eigenvalue weighted by Crippen LogP contribution is 2.36. The molecule has 202 valence electrons. The first-order chi connectivity index (χ1) is 18.9. The van der Waals surface area contributed by atoms with Crippen LogP contribution in [0.15, 0.2) is 84.9 Å². The van der Waals surface area contributed by atoms with Gasteiger partial charge in [-0.15, -0.1) is 0 Å². The Bertz CT molecular complexity index is 1300. The highest BCUT2D eigenvalue weighted by molar-refractivity contribution is 5.89. The highest BCUT2D eigenvalue weighted by Gasteiger charge is 2.53. The molecule has 0 aromatic heterocycles. The van der Waals surface area contributed by atoms with Crippen LogP contribution in [-0.2, 0) is 23.7 Å². The summed E-state index contributed by atoms with van der Waals surface area (Å²) in [6.07, 6.45) is -4.44. The molecule has 2 aliphatic rings. The van der Waals surface area contributed by atoms with E-state index in [2.05, 4.69) is 5.32 Å². The van der Waals surface area contributed by atoms with Crippen LogP contribution < -0.4 is 10.1 Å². The fourth-order valence-electron chi connectivity index (χ4n) is 4.53. The van der Waals surface area contributed by atoms with E-state index in [1.54, 1.807) is 30.3 Å². The van der Waals surface area contributed by atoms with E-state index in [0.29, 0.717) is 5.56 Å². The number of nitrogens with one attached hydrogen (secondary N) is 1. The molecule has 2 saturated heterocycles. The predicted molar refractivity (Wildman–Crippen MR) is 136 cm³/mol. The number of carbonyl (C=O) groups is 2. The molecular weight excluding hydrogens is 508 g/mol. The number of benzene rings is 3. The van der Waals surface area contributed by atoms with Gasteiger partial charge in [-0.25, -0.2) is 4.79 Å². The zero-order valence-electron chi connectivity index (χ0n) is 20.9. The number of esters is 1. The quantitative estimate of drug-likeness (QED) is 0.274. The van der Waals surface area contributed by atoms with E-state index in [1.807, 2.05) is 30.3 Å². The molecule has 11 heteroatoms. The van der Waals surface area contributed by atoms with Crippen molar-refractivity contribution >= 4 is 17.6 Å². The fraction of sp³-hybridized carbons (Fsp3) is 0.286. The van der Waals surface area contributed by atoms with Crippen molar-refractivity contribution in [3.8, 4) is 5.75 Å². The summed E-state index contributed by atoms with van der Waals surface area (Å²) in [5, 5.41) is 13.8. The third-order valence-corrected chi connectivity index (χ3v) is 6.33. The van der Waals surface area contributed by atoms with Crippen molar-refractivity contribution < 1.29 is 38.2 Å². The topological polar surface area (TPSA) is 135 Å². The molecule has 0 bridgehead atoms. The molecule has 0 spiro atoms. The Labute approximate surface area is 223 Å². The van der Waals surface area contributed by atoms with Crippen LogP contribution in [-0.4, -0.2) is 54.1 Å². The standard InChI is InChI=1S/C28H26N2O9/c1-17(31)29-23-25(38-26(32)18-8-4-2-5-9-18)24-22(16-35-27(39-24)19-10-6-3-7-11-19)37-28(23)36-21-14-12-20(13-15-21)30(33)34/h2-15,22-25,27-28H,16H2,1H3,(H,29,31)/t22-,23-,24-,25-,27?,28-/m1/s1. The Morgan fingerprint density at radius 3 is 2.26 bits per heavy atom. The minimum Gasteiger partial charge on any atom is -0.463 e. The largest absolute Gasteiger partial charge is 0.463 e. The van der Waals surface area contributed by atoms with Crippen LogP contribution in [0.4, 0.5) is 5.69 Å². The lowest BCUT2D eigenvalue weighted by molar-refractivity contribution is -0.384. The first-order valence-corrected chi connectivity index (χ1v) is 12.3. The average Bonchev–Trinajstić information content (AvgIpc) is 2.95. The molecule has 1 N–H and O–H groups in total. The van der Waals surface area contributed by atoms with Crippen LogP contribution in [0, 0.1) is 10.1 Å². The SMILES string of the molecule is CC(=O)N[C@H]1[C@H](Oc2ccc([N+](=O)[O-])cc2)O[C@@H]2COC(c3ccccc3)O[C@H]2[C@@H]1OC(=O)c1ccccc1. The molecule has 6 atom stereocenters. The lowest BCUT2D eigenvalue weighted by atomic mass is 9.95. The molecule has 0 radical (unpaired) electrons. The van der Waals surface area contributed by atoms with Gasteiger partial charge in [-0.05, 0) is 24.3 Å². The van der Waals surface area contributed by atoms with Gasteiger partial charge >= 0.3 is 5.97 Å². The number of non-ortho nitro benzene ring substituents is 1. The Morgan fingerprint density at radius 2 is 1.62 bits per heavy atom. The summed E-state index contributed by atoms with van der Waals surface area (Å²) < 4.78 is 30.4. The van der Waals surface area contributed by atoms with Crippen LogP contribution in [0.2, 0.25) is 0 Å². The van der Waals surface area contributed by atoms with E-state index in [1.165, 1.54) is 31.2 Å². The van der Waals surface area contributed by atoms with Crippen molar-refractivity contribution in [1.29, 1.82) is 0 Å². The van der Waals surface area contributed by atoms with Gasteiger partial charge in [0.25, 0.3) is 5.69 Å². The number of hydrogen-bond donors (Lipinski definition) is 1. The molecule has 0 saturated carbocycles. The number of hydrogen-bond acceptors (Lipinski definition) is 9. The number of fused-ring (bicyclic) bond motifs is 1. The van der Waals surface area contributed by atoms with Crippen molar-refractivity contribution in [2.24, 2.45) is 0 Å². The summed E-state index contributed by atoms with van der Waals surface area (Å²) in [4.78, 5) is 36.0. The maximum atomic E-state index is 13.2. The molecule has 2 fully saturated rings. The van der Waals surface area contributed by atoms with Gasteiger partial charge in [0.2, 0.25) is 12.2 Å². The number of ether oxygens (including phenoxy) is 5. The fourth-order valence-corrected chi connectivity index (χ4v) is 4.53. The Balaban J connectivity index is 1.46. The lowest BCUT2D eigenvalue weighted by Crippen LogP contribution is -2.68. The smallest absolute Gasteiger partial charge is 0.338 e. The van der Waals surface area contributed by atoms with Crippen molar-refractivity contribution in [2.45, 2.75) is 43.9 Å². The Morgan fingerprint density at radius 1 is 0.949 bits per heavy atom. The summed E-state index contributed by atoms with van der Waals surface area (Å²) in [6.45, 7) is 1.42. The zero-order valence-corrected chi connectivity index (χ0v) is 20.9. The molecule has 11 nitrogen and oxygen atoms in total. The van der Waals surface area contributed by atoms with Gasteiger partial charge in [-0.3, -0.25) is 14.9 Å². The third kappa shape index (κ3) is 6.06. The Hall–Kier alpha value is -4.32.